The summed E-state index contributed by atoms with van der Waals surface area (Å²) in [5, 5.41) is 1.49. The number of benzene rings is 2. The molecule has 0 atom stereocenters. The Kier molecular flexibility index (Phi) is 2.65. The highest BCUT2D eigenvalue weighted by molar-refractivity contribution is 6.35. The van der Waals surface area contributed by atoms with Crippen molar-refractivity contribution in [2.24, 2.45) is 0 Å². The minimum absolute atomic E-state index is 0.0863. The van der Waals surface area contributed by atoms with E-state index in [9.17, 15) is 4.79 Å². The number of aromatic amines is 1. The summed E-state index contributed by atoms with van der Waals surface area (Å²) >= 11 is 6.03. The number of carbonyl (C=O) groups is 1. The molecule has 0 amide bonds. The van der Waals surface area contributed by atoms with Crippen LogP contribution in [0.25, 0.3) is 10.9 Å². The molecule has 2 nitrogen and oxygen atoms in total. The fourth-order valence-corrected chi connectivity index (χ4v) is 2.21. The first kappa shape index (κ1) is 11.1. The maximum absolute atomic E-state index is 12.3. The third-order valence-corrected chi connectivity index (χ3v) is 3.22. The molecule has 0 fully saturated rings. The van der Waals surface area contributed by atoms with Gasteiger partial charge in [-0.25, -0.2) is 0 Å². The van der Waals surface area contributed by atoms with Gasteiger partial charge in [0.25, 0.3) is 0 Å². The summed E-state index contributed by atoms with van der Waals surface area (Å²) in [6, 6.07) is 16.7. The fourth-order valence-electron chi connectivity index (χ4n) is 1.99. The van der Waals surface area contributed by atoms with Gasteiger partial charge < -0.3 is 4.98 Å². The number of halogens is 1. The molecule has 1 aromatic heterocycles. The van der Waals surface area contributed by atoms with E-state index in [1.807, 2.05) is 42.5 Å². The second-order valence-corrected chi connectivity index (χ2v) is 4.49. The lowest BCUT2D eigenvalue weighted by Gasteiger charge is -2.00. The Morgan fingerprint density at radius 3 is 2.50 bits per heavy atom. The van der Waals surface area contributed by atoms with Crippen molar-refractivity contribution in [3.8, 4) is 0 Å². The largest absolute Gasteiger partial charge is 0.352 e. The van der Waals surface area contributed by atoms with Gasteiger partial charge in [-0.1, -0.05) is 41.9 Å². The van der Waals surface area contributed by atoms with Crippen molar-refractivity contribution in [1.82, 2.24) is 4.98 Å². The quantitative estimate of drug-likeness (QED) is 0.689. The number of nitrogens with one attached hydrogen (secondary N) is 1. The third-order valence-electron chi connectivity index (χ3n) is 2.89. The minimum atomic E-state index is -0.0863. The van der Waals surface area contributed by atoms with E-state index >= 15 is 0 Å². The predicted octanol–water partition coefficient (Wildman–Crippen LogP) is 4.05. The van der Waals surface area contributed by atoms with Crippen LogP contribution in [0.4, 0.5) is 0 Å². The molecule has 0 saturated heterocycles. The van der Waals surface area contributed by atoms with Crippen LogP contribution in [0.3, 0.4) is 0 Å². The zero-order valence-corrected chi connectivity index (χ0v) is 10.2. The highest BCUT2D eigenvalue weighted by Crippen LogP contribution is 2.21. The van der Waals surface area contributed by atoms with Crippen molar-refractivity contribution in [2.45, 2.75) is 0 Å². The summed E-state index contributed by atoms with van der Waals surface area (Å²) in [4.78, 5) is 15.4. The van der Waals surface area contributed by atoms with E-state index in [2.05, 4.69) is 4.98 Å². The van der Waals surface area contributed by atoms with Crippen LogP contribution >= 0.6 is 11.6 Å². The Bertz CT molecular complexity index is 697. The van der Waals surface area contributed by atoms with Gasteiger partial charge in [-0.15, -0.1) is 0 Å². The monoisotopic (exact) mass is 255 g/mol. The molecule has 0 aliphatic rings. The average molecular weight is 256 g/mol. The van der Waals surface area contributed by atoms with E-state index in [-0.39, 0.29) is 5.78 Å². The molecular weight excluding hydrogens is 246 g/mol. The fraction of sp³-hybridized carbons (Fsp3) is 0. The molecule has 3 rings (SSSR count). The number of rotatable bonds is 2. The lowest BCUT2D eigenvalue weighted by molar-refractivity contribution is 0.103. The van der Waals surface area contributed by atoms with Gasteiger partial charge >= 0.3 is 0 Å². The number of para-hydroxylation sites is 1. The van der Waals surface area contributed by atoms with E-state index in [0.717, 1.165) is 10.9 Å². The minimum Gasteiger partial charge on any atom is -0.352 e. The van der Waals surface area contributed by atoms with Crippen molar-refractivity contribution >= 4 is 28.3 Å². The predicted molar refractivity (Wildman–Crippen MR) is 73.2 cm³/mol. The molecule has 0 radical (unpaired) electrons. The number of aromatic nitrogens is 1. The molecule has 1 N–H and O–H groups in total. The molecule has 0 unspecified atom stereocenters. The number of hydrogen-bond acceptors (Lipinski definition) is 1. The van der Waals surface area contributed by atoms with Crippen LogP contribution in [0.1, 0.15) is 16.1 Å². The van der Waals surface area contributed by atoms with Crippen molar-refractivity contribution in [2.75, 3.05) is 0 Å². The normalized spacial score (nSPS) is 10.7. The molecule has 0 saturated carbocycles. The molecule has 1 heterocycles. The van der Waals surface area contributed by atoms with Crippen LogP contribution < -0.4 is 0 Å². The van der Waals surface area contributed by atoms with Crippen LogP contribution in [0.5, 0.6) is 0 Å². The van der Waals surface area contributed by atoms with Gasteiger partial charge in [-0.2, -0.15) is 0 Å². The zero-order valence-electron chi connectivity index (χ0n) is 9.48. The van der Waals surface area contributed by atoms with Crippen LogP contribution in [-0.4, -0.2) is 10.8 Å². The first-order valence-corrected chi connectivity index (χ1v) is 6.00. The van der Waals surface area contributed by atoms with Crippen LogP contribution in [0.2, 0.25) is 5.02 Å². The molecular formula is C15H10ClNO. The molecule has 0 aliphatic carbocycles. The van der Waals surface area contributed by atoms with Crippen molar-refractivity contribution in [3.05, 3.63) is 70.9 Å². The van der Waals surface area contributed by atoms with E-state index < -0.39 is 0 Å². The Balaban J connectivity index is 2.10. The van der Waals surface area contributed by atoms with Crippen LogP contribution in [0.15, 0.2) is 54.6 Å². The Labute approximate surface area is 109 Å². The first-order chi connectivity index (χ1) is 8.75. The van der Waals surface area contributed by atoms with E-state index in [4.69, 9.17) is 11.6 Å². The van der Waals surface area contributed by atoms with Crippen LogP contribution in [-0.2, 0) is 0 Å². The highest BCUT2D eigenvalue weighted by Gasteiger charge is 2.14. The SMILES string of the molecule is O=C(c1cc2ccccc2[nH]1)c1ccccc1Cl. The maximum Gasteiger partial charge on any atom is 0.210 e. The van der Waals surface area contributed by atoms with E-state index in [1.54, 1.807) is 12.1 Å². The summed E-state index contributed by atoms with van der Waals surface area (Å²) in [6.07, 6.45) is 0. The van der Waals surface area contributed by atoms with Gasteiger partial charge in [-0.05, 0) is 24.3 Å². The lowest BCUT2D eigenvalue weighted by Crippen LogP contribution is -2.02. The number of carbonyl (C=O) groups excluding carboxylic acids is 1. The van der Waals surface area contributed by atoms with Crippen molar-refractivity contribution < 1.29 is 4.79 Å². The second kappa shape index (κ2) is 4.31. The first-order valence-electron chi connectivity index (χ1n) is 5.63. The van der Waals surface area contributed by atoms with E-state index in [1.165, 1.54) is 0 Å². The zero-order chi connectivity index (χ0) is 12.5. The van der Waals surface area contributed by atoms with Gasteiger partial charge in [-0.3, -0.25) is 4.79 Å². The summed E-state index contributed by atoms with van der Waals surface area (Å²) in [5.74, 6) is -0.0863. The van der Waals surface area contributed by atoms with Gasteiger partial charge in [0.05, 0.1) is 10.7 Å². The Morgan fingerprint density at radius 2 is 1.72 bits per heavy atom. The molecule has 0 aliphatic heterocycles. The maximum atomic E-state index is 12.3. The number of fused-ring (bicyclic) bond motifs is 1. The number of H-pyrrole nitrogens is 1. The Morgan fingerprint density at radius 1 is 1.00 bits per heavy atom. The topological polar surface area (TPSA) is 32.9 Å². The van der Waals surface area contributed by atoms with Gasteiger partial charge in [0, 0.05) is 16.5 Å². The lowest BCUT2D eigenvalue weighted by atomic mass is 10.1. The van der Waals surface area contributed by atoms with Gasteiger partial charge in [0.1, 0.15) is 0 Å². The molecule has 2 aromatic carbocycles. The van der Waals surface area contributed by atoms with Crippen molar-refractivity contribution in [3.63, 3.8) is 0 Å². The van der Waals surface area contributed by atoms with Gasteiger partial charge in [0.15, 0.2) is 0 Å². The van der Waals surface area contributed by atoms with Crippen LogP contribution in [0, 0.1) is 0 Å². The molecule has 88 valence electrons. The third kappa shape index (κ3) is 1.81. The smallest absolute Gasteiger partial charge is 0.210 e. The Hall–Kier alpha value is -2.06. The molecule has 0 bridgehead atoms. The number of ketones is 1. The highest BCUT2D eigenvalue weighted by atomic mass is 35.5. The summed E-state index contributed by atoms with van der Waals surface area (Å²) < 4.78 is 0. The van der Waals surface area contributed by atoms with E-state index in [0.29, 0.717) is 16.3 Å². The molecule has 3 aromatic rings. The second-order valence-electron chi connectivity index (χ2n) is 4.08. The summed E-state index contributed by atoms with van der Waals surface area (Å²) in [7, 11) is 0. The average Bonchev–Trinajstić information content (AvgIpc) is 2.82. The molecule has 0 spiro atoms. The summed E-state index contributed by atoms with van der Waals surface area (Å²) in [6.45, 7) is 0. The standard InChI is InChI=1S/C15H10ClNO/c16-12-7-3-2-6-11(12)15(18)14-9-10-5-1-4-8-13(10)17-14/h1-9,17H. The summed E-state index contributed by atoms with van der Waals surface area (Å²) in [5.41, 5.74) is 2.03. The van der Waals surface area contributed by atoms with Gasteiger partial charge in [0.2, 0.25) is 5.78 Å². The van der Waals surface area contributed by atoms with Crippen molar-refractivity contribution in [1.29, 1.82) is 0 Å². The number of hydrogen-bond donors (Lipinski definition) is 1. The molecule has 18 heavy (non-hydrogen) atoms. The molecule has 3 heteroatoms.